The molecule has 1 aromatic rings. The first-order chi connectivity index (χ1) is 5.91. The van der Waals surface area contributed by atoms with Crippen molar-refractivity contribution in [1.29, 1.82) is 0 Å². The molecular weight excluding hydrogens is 175 g/mol. The Morgan fingerprint density at radius 3 is 1.85 bits per heavy atom. The van der Waals surface area contributed by atoms with Gasteiger partial charge in [0.2, 0.25) is 0 Å². The molecule has 0 heterocycles. The summed E-state index contributed by atoms with van der Waals surface area (Å²) in [5.41, 5.74) is 1.41. The summed E-state index contributed by atoms with van der Waals surface area (Å²) in [7, 11) is 0. The fraction of sp³-hybridized carbons (Fsp3) is 0.417. The summed E-state index contributed by atoms with van der Waals surface area (Å²) >= 11 is 0. The van der Waals surface area contributed by atoms with Crippen molar-refractivity contribution < 1.29 is 0 Å². The van der Waals surface area contributed by atoms with Gasteiger partial charge in [-0.25, -0.2) is 0 Å². The summed E-state index contributed by atoms with van der Waals surface area (Å²) in [5.74, 6) is 0.625. The van der Waals surface area contributed by atoms with Crippen molar-refractivity contribution in [3.63, 3.8) is 0 Å². The predicted molar refractivity (Wildman–Crippen MR) is 66.1 cm³/mol. The van der Waals surface area contributed by atoms with Gasteiger partial charge < -0.3 is 0 Å². The van der Waals surface area contributed by atoms with Crippen LogP contribution in [0.4, 0.5) is 0 Å². The Bertz CT molecular complexity index is 313. The lowest BCUT2D eigenvalue weighted by molar-refractivity contribution is 0.867. The van der Waals surface area contributed by atoms with Gasteiger partial charge in [0, 0.05) is 0 Å². The van der Waals surface area contributed by atoms with Gasteiger partial charge in [-0.3, -0.25) is 0 Å². The maximum absolute atomic E-state index is 4.23. The summed E-state index contributed by atoms with van der Waals surface area (Å²) < 4.78 is 0. The van der Waals surface area contributed by atoms with E-state index in [1.165, 1.54) is 10.9 Å². The molecule has 0 fully saturated rings. The average Bonchev–Trinajstić information content (AvgIpc) is 2.03. The maximum atomic E-state index is 4.23. The van der Waals surface area contributed by atoms with Crippen molar-refractivity contribution in [2.45, 2.75) is 19.8 Å². The number of hydrogen-bond donors (Lipinski definition) is 0. The molecule has 0 aliphatic rings. The zero-order chi connectivity index (χ0) is 10.1. The molecule has 0 N–H and O–H groups in total. The Kier molecular flexibility index (Phi) is 3.03. The molecule has 1 aromatic carbocycles. The van der Waals surface area contributed by atoms with Crippen LogP contribution in [-0.2, 0) is 0 Å². The zero-order valence-electron chi connectivity index (χ0n) is 9.04. The SMILES string of the molecule is C=P(C)(C)c1ccc(C(C)C)cc1. The highest BCUT2D eigenvalue weighted by molar-refractivity contribution is 7.79. The molecule has 0 nitrogen and oxygen atoms in total. The van der Waals surface area contributed by atoms with Gasteiger partial charge in [0.05, 0.1) is 0 Å². The highest BCUT2D eigenvalue weighted by Gasteiger charge is 2.04. The lowest BCUT2D eigenvalue weighted by Crippen LogP contribution is -2.03. The van der Waals surface area contributed by atoms with Gasteiger partial charge in [0.1, 0.15) is 0 Å². The maximum Gasteiger partial charge on any atom is -0.0219 e. The molecule has 0 saturated heterocycles. The highest BCUT2D eigenvalue weighted by atomic mass is 31.2. The summed E-state index contributed by atoms with van der Waals surface area (Å²) in [6, 6.07) is 8.92. The van der Waals surface area contributed by atoms with Crippen molar-refractivity contribution in [3.05, 3.63) is 29.8 Å². The fourth-order valence-electron chi connectivity index (χ4n) is 1.26. The van der Waals surface area contributed by atoms with Gasteiger partial charge in [-0.1, -0.05) is 51.3 Å². The van der Waals surface area contributed by atoms with E-state index in [9.17, 15) is 0 Å². The topological polar surface area (TPSA) is 0 Å². The van der Waals surface area contributed by atoms with Crippen LogP contribution in [0.25, 0.3) is 0 Å². The molecule has 0 aliphatic heterocycles. The molecule has 0 aromatic heterocycles. The third kappa shape index (κ3) is 2.74. The van der Waals surface area contributed by atoms with E-state index < -0.39 is 6.89 Å². The molecule has 0 saturated carbocycles. The Morgan fingerprint density at radius 2 is 1.54 bits per heavy atom. The first-order valence-electron chi connectivity index (χ1n) is 4.70. The number of rotatable bonds is 2. The minimum atomic E-state index is -1.07. The summed E-state index contributed by atoms with van der Waals surface area (Å²) in [6.07, 6.45) is 4.23. The van der Waals surface area contributed by atoms with E-state index in [2.05, 4.69) is 57.7 Å². The van der Waals surface area contributed by atoms with Crippen LogP contribution < -0.4 is 5.30 Å². The van der Waals surface area contributed by atoms with Gasteiger partial charge in [-0.2, -0.15) is 0 Å². The Morgan fingerprint density at radius 1 is 1.08 bits per heavy atom. The average molecular weight is 194 g/mol. The van der Waals surface area contributed by atoms with Gasteiger partial charge in [0.25, 0.3) is 0 Å². The molecule has 0 amide bonds. The molecule has 0 bridgehead atoms. The van der Waals surface area contributed by atoms with Crippen LogP contribution in [0.15, 0.2) is 24.3 Å². The Balaban J connectivity index is 3.01. The monoisotopic (exact) mass is 194 g/mol. The van der Waals surface area contributed by atoms with Crippen LogP contribution in [0.1, 0.15) is 25.3 Å². The van der Waals surface area contributed by atoms with Crippen LogP contribution >= 0.6 is 6.89 Å². The lowest BCUT2D eigenvalue weighted by atomic mass is 10.0. The van der Waals surface area contributed by atoms with Crippen molar-refractivity contribution in [2.75, 3.05) is 13.3 Å². The quantitative estimate of drug-likeness (QED) is 0.634. The molecule has 1 rings (SSSR count). The molecule has 0 aliphatic carbocycles. The largest absolute Gasteiger partial charge is 0.0971 e. The molecule has 0 spiro atoms. The summed E-state index contributed by atoms with van der Waals surface area (Å²) in [6.45, 7) is 7.87. The summed E-state index contributed by atoms with van der Waals surface area (Å²) in [4.78, 5) is 0. The Labute approximate surface area is 82.0 Å². The van der Waals surface area contributed by atoms with Crippen LogP contribution in [0.5, 0.6) is 0 Å². The molecule has 0 unspecified atom stereocenters. The molecule has 1 heteroatoms. The normalized spacial score (nSPS) is 12.1. The van der Waals surface area contributed by atoms with E-state index in [1.54, 1.807) is 0 Å². The molecular formula is C12H19P. The van der Waals surface area contributed by atoms with Crippen molar-refractivity contribution >= 4 is 18.5 Å². The Hall–Kier alpha value is -0.480. The highest BCUT2D eigenvalue weighted by Crippen LogP contribution is 2.33. The zero-order valence-corrected chi connectivity index (χ0v) is 9.94. The minimum absolute atomic E-state index is 0.625. The van der Waals surface area contributed by atoms with E-state index >= 15 is 0 Å². The van der Waals surface area contributed by atoms with E-state index in [-0.39, 0.29) is 0 Å². The third-order valence-corrected chi connectivity index (χ3v) is 3.95. The molecule has 13 heavy (non-hydrogen) atoms. The summed E-state index contributed by atoms with van der Waals surface area (Å²) in [5, 5.41) is 1.41. The van der Waals surface area contributed by atoms with Crippen LogP contribution in [0, 0.1) is 0 Å². The second kappa shape index (κ2) is 3.72. The van der Waals surface area contributed by atoms with Gasteiger partial charge in [0.15, 0.2) is 0 Å². The first-order valence-corrected chi connectivity index (χ1v) is 7.57. The van der Waals surface area contributed by atoms with Crippen LogP contribution in [-0.4, -0.2) is 19.6 Å². The van der Waals surface area contributed by atoms with E-state index in [0.29, 0.717) is 5.92 Å². The van der Waals surface area contributed by atoms with Crippen molar-refractivity contribution in [2.24, 2.45) is 0 Å². The second-order valence-corrected chi connectivity index (χ2v) is 8.32. The van der Waals surface area contributed by atoms with Gasteiger partial charge in [-0.05, 0) is 30.1 Å². The number of hydrogen-bond acceptors (Lipinski definition) is 0. The van der Waals surface area contributed by atoms with E-state index in [1.807, 2.05) is 0 Å². The van der Waals surface area contributed by atoms with Crippen molar-refractivity contribution in [3.8, 4) is 0 Å². The molecule has 0 radical (unpaired) electrons. The third-order valence-electron chi connectivity index (χ3n) is 2.26. The molecule has 72 valence electrons. The standard InChI is InChI=1S/C12H19P/c1-10(2)11-6-8-12(9-7-11)13(3,4)5/h6-10H,3H2,1-2,4-5H3. The van der Waals surface area contributed by atoms with Gasteiger partial charge >= 0.3 is 0 Å². The van der Waals surface area contributed by atoms with E-state index in [4.69, 9.17) is 0 Å². The second-order valence-electron chi connectivity index (χ2n) is 4.43. The lowest BCUT2D eigenvalue weighted by Gasteiger charge is -2.14. The van der Waals surface area contributed by atoms with Crippen LogP contribution in [0.2, 0.25) is 0 Å². The first kappa shape index (κ1) is 10.6. The van der Waals surface area contributed by atoms with Crippen LogP contribution in [0.3, 0.4) is 0 Å². The van der Waals surface area contributed by atoms with Gasteiger partial charge in [-0.15, -0.1) is 0 Å². The fourth-order valence-corrected chi connectivity index (χ4v) is 2.22. The molecule has 0 atom stereocenters. The number of benzene rings is 1. The van der Waals surface area contributed by atoms with Crippen molar-refractivity contribution in [1.82, 2.24) is 0 Å². The minimum Gasteiger partial charge on any atom is -0.0971 e. The van der Waals surface area contributed by atoms with E-state index in [0.717, 1.165) is 0 Å². The smallest absolute Gasteiger partial charge is 0.0219 e. The predicted octanol–water partition coefficient (Wildman–Crippen LogP) is 3.14.